The molecule has 0 saturated carbocycles. The van der Waals surface area contributed by atoms with E-state index in [-0.39, 0.29) is 24.0 Å². The summed E-state index contributed by atoms with van der Waals surface area (Å²) in [5.41, 5.74) is 0.0169. The van der Waals surface area contributed by atoms with E-state index in [0.29, 0.717) is 26.1 Å². The van der Waals surface area contributed by atoms with Crippen LogP contribution in [-0.4, -0.2) is 37.1 Å². The molecule has 0 spiro atoms. The fraction of sp³-hybridized carbons (Fsp3) is 0.562. The summed E-state index contributed by atoms with van der Waals surface area (Å²) in [5.74, 6) is -3.46. The molecule has 116 valence electrons. The molecule has 2 rings (SSSR count). The van der Waals surface area contributed by atoms with Crippen molar-refractivity contribution in [2.24, 2.45) is 5.92 Å². The zero-order valence-electron chi connectivity index (χ0n) is 12.2. The number of rotatable bonds is 5. The number of likely N-dealkylation sites (tertiary alicyclic amines) is 1. The molecule has 3 nitrogen and oxygen atoms in total. The van der Waals surface area contributed by atoms with E-state index >= 15 is 0 Å². The summed E-state index contributed by atoms with van der Waals surface area (Å²) in [7, 11) is 0. The normalized spacial score (nSPS) is 20.2. The van der Waals surface area contributed by atoms with Gasteiger partial charge in [0, 0.05) is 12.1 Å². The fourth-order valence-corrected chi connectivity index (χ4v) is 2.71. The van der Waals surface area contributed by atoms with Gasteiger partial charge in [0.05, 0.1) is 19.1 Å². The molecule has 1 aromatic carbocycles. The molecule has 0 radical (unpaired) electrons. The Balaban J connectivity index is 1.97. The van der Waals surface area contributed by atoms with Crippen LogP contribution in [0, 0.1) is 5.92 Å². The van der Waals surface area contributed by atoms with Crippen molar-refractivity contribution in [1.82, 2.24) is 4.90 Å². The first-order valence-corrected chi connectivity index (χ1v) is 7.35. The molecule has 1 fully saturated rings. The summed E-state index contributed by atoms with van der Waals surface area (Å²) in [6.45, 7) is 2.67. The van der Waals surface area contributed by atoms with Crippen LogP contribution in [0.25, 0.3) is 0 Å². The molecule has 1 aromatic rings. The maximum absolute atomic E-state index is 14.3. The maximum Gasteiger partial charge on any atom is 0.310 e. The number of nitrogens with zero attached hydrogens (tertiary/aromatic N) is 1. The number of piperidine rings is 1. The summed E-state index contributed by atoms with van der Waals surface area (Å²) in [4.78, 5) is 13.4. The molecule has 0 aliphatic carbocycles. The average molecular weight is 297 g/mol. The van der Waals surface area contributed by atoms with Crippen LogP contribution in [0.2, 0.25) is 0 Å². The SMILES string of the molecule is CCOC(=O)[C@@H]1CCCN(CC(F)(F)c2ccccc2)C1. The molecule has 1 heterocycles. The Labute approximate surface area is 123 Å². The number of hydrogen-bond donors (Lipinski definition) is 0. The van der Waals surface area contributed by atoms with E-state index in [0.717, 1.165) is 6.42 Å². The molecular weight excluding hydrogens is 276 g/mol. The molecule has 0 aromatic heterocycles. The minimum atomic E-state index is -2.90. The number of esters is 1. The lowest BCUT2D eigenvalue weighted by Crippen LogP contribution is -2.44. The lowest BCUT2D eigenvalue weighted by atomic mass is 9.97. The second kappa shape index (κ2) is 6.98. The molecule has 0 bridgehead atoms. The van der Waals surface area contributed by atoms with Gasteiger partial charge in [-0.3, -0.25) is 9.69 Å². The first kappa shape index (κ1) is 15.9. The quantitative estimate of drug-likeness (QED) is 0.782. The standard InChI is InChI=1S/C16H21F2NO2/c1-2-21-15(20)13-7-6-10-19(11-13)12-16(17,18)14-8-4-3-5-9-14/h3-5,8-9,13H,2,6-7,10-12H2,1H3/t13-/m1/s1. The van der Waals surface area contributed by atoms with Gasteiger partial charge in [-0.2, -0.15) is 8.78 Å². The van der Waals surface area contributed by atoms with Crippen molar-refractivity contribution in [3.8, 4) is 0 Å². The van der Waals surface area contributed by atoms with Gasteiger partial charge in [-0.25, -0.2) is 0 Å². The highest BCUT2D eigenvalue weighted by Gasteiger charge is 2.36. The van der Waals surface area contributed by atoms with Crippen molar-refractivity contribution in [2.75, 3.05) is 26.2 Å². The Kier molecular flexibility index (Phi) is 5.28. The molecule has 5 heteroatoms. The minimum absolute atomic E-state index is 0.0169. The number of alkyl halides is 2. The predicted molar refractivity (Wildman–Crippen MR) is 76.1 cm³/mol. The zero-order chi connectivity index (χ0) is 15.3. The largest absolute Gasteiger partial charge is 0.466 e. The minimum Gasteiger partial charge on any atom is -0.466 e. The van der Waals surface area contributed by atoms with Gasteiger partial charge >= 0.3 is 5.97 Å². The molecule has 21 heavy (non-hydrogen) atoms. The van der Waals surface area contributed by atoms with Crippen molar-refractivity contribution in [2.45, 2.75) is 25.7 Å². The topological polar surface area (TPSA) is 29.5 Å². The monoisotopic (exact) mass is 297 g/mol. The summed E-state index contributed by atoms with van der Waals surface area (Å²) < 4.78 is 33.5. The third-order valence-electron chi connectivity index (χ3n) is 3.74. The summed E-state index contributed by atoms with van der Waals surface area (Å²) in [6.07, 6.45) is 1.46. The van der Waals surface area contributed by atoms with Gasteiger partial charge in [0.2, 0.25) is 0 Å². The Bertz CT molecular complexity index is 465. The van der Waals surface area contributed by atoms with Crippen LogP contribution in [0.3, 0.4) is 0 Å². The van der Waals surface area contributed by atoms with Crippen molar-refractivity contribution < 1.29 is 18.3 Å². The first-order chi connectivity index (χ1) is 10.0. The van der Waals surface area contributed by atoms with Crippen LogP contribution in [0.5, 0.6) is 0 Å². The summed E-state index contributed by atoms with van der Waals surface area (Å²) in [6, 6.07) is 7.82. The highest BCUT2D eigenvalue weighted by atomic mass is 19.3. The lowest BCUT2D eigenvalue weighted by molar-refractivity contribution is -0.150. The Hall–Kier alpha value is -1.49. The van der Waals surface area contributed by atoms with Crippen molar-refractivity contribution in [1.29, 1.82) is 0 Å². The highest BCUT2D eigenvalue weighted by molar-refractivity contribution is 5.72. The number of carbonyl (C=O) groups excluding carboxylic acids is 1. The van der Waals surface area contributed by atoms with Gasteiger partial charge in [-0.1, -0.05) is 30.3 Å². The van der Waals surface area contributed by atoms with E-state index in [1.807, 2.05) is 0 Å². The maximum atomic E-state index is 14.3. The van der Waals surface area contributed by atoms with E-state index in [2.05, 4.69) is 0 Å². The molecule has 1 aliphatic heterocycles. The van der Waals surface area contributed by atoms with Gasteiger partial charge in [0.25, 0.3) is 5.92 Å². The van der Waals surface area contributed by atoms with Crippen LogP contribution in [0.4, 0.5) is 8.78 Å². The second-order valence-electron chi connectivity index (χ2n) is 5.40. The third-order valence-corrected chi connectivity index (χ3v) is 3.74. The van der Waals surface area contributed by atoms with Crippen LogP contribution in [0.15, 0.2) is 30.3 Å². The Morgan fingerprint density at radius 2 is 2.10 bits per heavy atom. The smallest absolute Gasteiger partial charge is 0.310 e. The molecule has 0 amide bonds. The number of ether oxygens (including phenoxy) is 1. The second-order valence-corrected chi connectivity index (χ2v) is 5.40. The van der Waals surface area contributed by atoms with Gasteiger partial charge < -0.3 is 4.74 Å². The number of carbonyl (C=O) groups is 1. The van der Waals surface area contributed by atoms with Crippen LogP contribution in [-0.2, 0) is 15.5 Å². The van der Waals surface area contributed by atoms with Crippen LogP contribution < -0.4 is 0 Å². The van der Waals surface area contributed by atoms with Gasteiger partial charge in [0.15, 0.2) is 0 Å². The molecule has 0 unspecified atom stereocenters. The van der Waals surface area contributed by atoms with Crippen molar-refractivity contribution in [3.63, 3.8) is 0 Å². The summed E-state index contributed by atoms with van der Waals surface area (Å²) >= 11 is 0. The van der Waals surface area contributed by atoms with Crippen LogP contribution in [0.1, 0.15) is 25.3 Å². The first-order valence-electron chi connectivity index (χ1n) is 7.35. The fourth-order valence-electron chi connectivity index (χ4n) is 2.71. The Morgan fingerprint density at radius 1 is 1.38 bits per heavy atom. The number of hydrogen-bond acceptors (Lipinski definition) is 3. The highest BCUT2D eigenvalue weighted by Crippen LogP contribution is 2.30. The molecule has 0 N–H and O–H groups in total. The summed E-state index contributed by atoms with van der Waals surface area (Å²) in [5, 5.41) is 0. The van der Waals surface area contributed by atoms with E-state index in [4.69, 9.17) is 4.74 Å². The van der Waals surface area contributed by atoms with E-state index in [1.54, 1.807) is 30.0 Å². The van der Waals surface area contributed by atoms with Gasteiger partial charge in [0.1, 0.15) is 0 Å². The third kappa shape index (κ3) is 4.24. The van der Waals surface area contributed by atoms with Crippen molar-refractivity contribution >= 4 is 5.97 Å². The van der Waals surface area contributed by atoms with E-state index in [1.165, 1.54) is 12.1 Å². The molecule has 1 atom stereocenters. The van der Waals surface area contributed by atoms with Gasteiger partial charge in [-0.05, 0) is 26.3 Å². The van der Waals surface area contributed by atoms with Crippen molar-refractivity contribution in [3.05, 3.63) is 35.9 Å². The van der Waals surface area contributed by atoms with Gasteiger partial charge in [-0.15, -0.1) is 0 Å². The Morgan fingerprint density at radius 3 is 2.76 bits per heavy atom. The molecule has 1 aliphatic rings. The number of benzene rings is 1. The van der Waals surface area contributed by atoms with E-state index < -0.39 is 5.92 Å². The van der Waals surface area contributed by atoms with E-state index in [9.17, 15) is 13.6 Å². The zero-order valence-corrected chi connectivity index (χ0v) is 12.2. The number of halogens is 2. The lowest BCUT2D eigenvalue weighted by Gasteiger charge is -2.33. The molecule has 1 saturated heterocycles. The predicted octanol–water partition coefficient (Wildman–Crippen LogP) is 3.05. The molecular formula is C16H21F2NO2. The average Bonchev–Trinajstić information content (AvgIpc) is 2.48. The van der Waals surface area contributed by atoms with Crippen LogP contribution >= 0.6 is 0 Å².